The maximum absolute atomic E-state index is 12.4. The topological polar surface area (TPSA) is 59.0 Å². The molecule has 1 amide bonds. The van der Waals surface area contributed by atoms with Gasteiger partial charge in [0.1, 0.15) is 5.75 Å². The largest absolute Gasteiger partial charge is 0.508 e. The summed E-state index contributed by atoms with van der Waals surface area (Å²) in [6, 6.07) is 13.2. The second-order valence-corrected chi connectivity index (χ2v) is 7.59. The van der Waals surface area contributed by atoms with Gasteiger partial charge in [-0.15, -0.1) is 0 Å². The summed E-state index contributed by atoms with van der Waals surface area (Å²) in [6.07, 6.45) is 2.34. The van der Waals surface area contributed by atoms with Crippen molar-refractivity contribution >= 4 is 5.91 Å². The van der Waals surface area contributed by atoms with Crippen molar-refractivity contribution in [3.05, 3.63) is 53.6 Å². The SMILES string of the molecule is C[C@@]1(Cc2ccc3c(c2)OCO3)CCC(=O)N(Cc2ccc(O)cc2)C1. The molecule has 1 atom stereocenters. The van der Waals surface area contributed by atoms with Crippen LogP contribution in [0.25, 0.3) is 0 Å². The van der Waals surface area contributed by atoms with Gasteiger partial charge in [-0.3, -0.25) is 4.79 Å². The lowest BCUT2D eigenvalue weighted by Gasteiger charge is -2.40. The fourth-order valence-corrected chi connectivity index (χ4v) is 3.85. The molecular weight excluding hydrogens is 330 g/mol. The molecule has 0 unspecified atom stereocenters. The Kier molecular flexibility index (Phi) is 4.23. The molecule has 2 aromatic rings. The Morgan fingerprint density at radius 1 is 1.08 bits per heavy atom. The van der Waals surface area contributed by atoms with Crippen LogP contribution in [-0.2, 0) is 17.8 Å². The van der Waals surface area contributed by atoms with Crippen LogP contribution < -0.4 is 9.47 Å². The lowest BCUT2D eigenvalue weighted by molar-refractivity contribution is -0.137. The van der Waals surface area contributed by atoms with Gasteiger partial charge in [-0.05, 0) is 53.6 Å². The third kappa shape index (κ3) is 3.47. The van der Waals surface area contributed by atoms with Crippen LogP contribution in [0.2, 0.25) is 0 Å². The lowest BCUT2D eigenvalue weighted by atomic mass is 9.76. The van der Waals surface area contributed by atoms with Crippen LogP contribution in [0, 0.1) is 5.41 Å². The van der Waals surface area contributed by atoms with Crippen LogP contribution >= 0.6 is 0 Å². The molecule has 1 N–H and O–H groups in total. The number of rotatable bonds is 4. The molecule has 5 nitrogen and oxygen atoms in total. The Balaban J connectivity index is 1.47. The molecule has 0 radical (unpaired) electrons. The number of hydrogen-bond acceptors (Lipinski definition) is 4. The van der Waals surface area contributed by atoms with Gasteiger partial charge in [-0.1, -0.05) is 25.1 Å². The molecule has 2 aliphatic heterocycles. The van der Waals surface area contributed by atoms with E-state index in [0.29, 0.717) is 13.0 Å². The number of phenolic OH excluding ortho intramolecular Hbond substituents is 1. The molecule has 2 aromatic carbocycles. The molecule has 5 heteroatoms. The first kappa shape index (κ1) is 16.8. The molecule has 0 saturated carbocycles. The molecule has 0 bridgehead atoms. The first-order chi connectivity index (χ1) is 12.5. The average molecular weight is 353 g/mol. The summed E-state index contributed by atoms with van der Waals surface area (Å²) < 4.78 is 10.9. The van der Waals surface area contributed by atoms with Crippen molar-refractivity contribution < 1.29 is 19.4 Å². The third-order valence-corrected chi connectivity index (χ3v) is 5.25. The van der Waals surface area contributed by atoms with Gasteiger partial charge in [0.05, 0.1) is 0 Å². The van der Waals surface area contributed by atoms with Crippen molar-refractivity contribution in [2.45, 2.75) is 32.7 Å². The number of aromatic hydroxyl groups is 1. The number of piperidine rings is 1. The van der Waals surface area contributed by atoms with Crippen LogP contribution in [0.4, 0.5) is 0 Å². The van der Waals surface area contributed by atoms with Crippen molar-refractivity contribution in [2.75, 3.05) is 13.3 Å². The minimum atomic E-state index is 0.0263. The Morgan fingerprint density at radius 3 is 2.62 bits per heavy atom. The molecule has 0 aliphatic carbocycles. The van der Waals surface area contributed by atoms with E-state index >= 15 is 0 Å². The zero-order chi connectivity index (χ0) is 18.1. The number of hydrogen-bond donors (Lipinski definition) is 1. The summed E-state index contributed by atoms with van der Waals surface area (Å²) in [5, 5.41) is 9.43. The normalized spacial score (nSPS) is 21.9. The smallest absolute Gasteiger partial charge is 0.231 e. The van der Waals surface area contributed by atoms with Gasteiger partial charge >= 0.3 is 0 Å². The van der Waals surface area contributed by atoms with Gasteiger partial charge in [-0.2, -0.15) is 0 Å². The highest BCUT2D eigenvalue weighted by Gasteiger charge is 2.35. The van der Waals surface area contributed by atoms with Crippen LogP contribution in [0.5, 0.6) is 17.2 Å². The van der Waals surface area contributed by atoms with Crippen molar-refractivity contribution in [3.63, 3.8) is 0 Å². The molecule has 26 heavy (non-hydrogen) atoms. The molecule has 4 rings (SSSR count). The predicted octanol–water partition coefficient (Wildman–Crippen LogP) is 3.49. The minimum Gasteiger partial charge on any atom is -0.508 e. The number of phenols is 1. The number of likely N-dealkylation sites (tertiary alicyclic amines) is 1. The number of carbonyl (C=O) groups is 1. The minimum absolute atomic E-state index is 0.0263. The van der Waals surface area contributed by atoms with E-state index in [1.54, 1.807) is 12.1 Å². The van der Waals surface area contributed by atoms with Gasteiger partial charge in [0.2, 0.25) is 12.7 Å². The van der Waals surface area contributed by atoms with Crippen LogP contribution in [0.15, 0.2) is 42.5 Å². The number of nitrogens with zero attached hydrogens (tertiary/aromatic N) is 1. The van der Waals surface area contributed by atoms with Crippen LogP contribution in [0.3, 0.4) is 0 Å². The van der Waals surface area contributed by atoms with E-state index in [-0.39, 0.29) is 23.9 Å². The highest BCUT2D eigenvalue weighted by molar-refractivity contribution is 5.77. The number of benzene rings is 2. The summed E-state index contributed by atoms with van der Waals surface area (Å²) >= 11 is 0. The highest BCUT2D eigenvalue weighted by Crippen LogP contribution is 2.38. The quantitative estimate of drug-likeness (QED) is 0.914. The Labute approximate surface area is 153 Å². The number of amides is 1. The molecule has 136 valence electrons. The standard InChI is InChI=1S/C21H23NO4/c1-21(11-16-4-7-18-19(10-16)26-14-25-18)9-8-20(24)22(13-21)12-15-2-5-17(23)6-3-15/h2-7,10,23H,8-9,11-14H2,1H3/t21-/m0/s1. The van der Waals surface area contributed by atoms with Gasteiger partial charge in [0.15, 0.2) is 11.5 Å². The summed E-state index contributed by atoms with van der Waals surface area (Å²) in [4.78, 5) is 14.3. The first-order valence-corrected chi connectivity index (χ1v) is 8.95. The van der Waals surface area contributed by atoms with E-state index in [4.69, 9.17) is 9.47 Å². The summed E-state index contributed by atoms with van der Waals surface area (Å²) in [6.45, 7) is 3.83. The molecule has 2 aliphatic rings. The Morgan fingerprint density at radius 2 is 1.81 bits per heavy atom. The Bertz CT molecular complexity index is 817. The highest BCUT2D eigenvalue weighted by atomic mass is 16.7. The van der Waals surface area contributed by atoms with Gasteiger partial charge < -0.3 is 19.5 Å². The van der Waals surface area contributed by atoms with E-state index in [2.05, 4.69) is 13.0 Å². The summed E-state index contributed by atoms with van der Waals surface area (Å²) in [5.74, 6) is 2.04. The van der Waals surface area contributed by atoms with Crippen molar-refractivity contribution in [1.82, 2.24) is 4.90 Å². The molecule has 2 heterocycles. The maximum atomic E-state index is 12.4. The monoisotopic (exact) mass is 353 g/mol. The first-order valence-electron chi connectivity index (χ1n) is 8.95. The molecule has 1 saturated heterocycles. The van der Waals surface area contributed by atoms with Crippen molar-refractivity contribution in [2.24, 2.45) is 5.41 Å². The van der Waals surface area contributed by atoms with Gasteiger partial charge in [-0.25, -0.2) is 0 Å². The molecular formula is C21H23NO4. The third-order valence-electron chi connectivity index (χ3n) is 5.25. The predicted molar refractivity (Wildman–Crippen MR) is 97.1 cm³/mol. The van der Waals surface area contributed by atoms with E-state index in [1.807, 2.05) is 29.2 Å². The Hall–Kier alpha value is -2.69. The van der Waals surface area contributed by atoms with E-state index < -0.39 is 0 Å². The second kappa shape index (κ2) is 6.56. The van der Waals surface area contributed by atoms with Crippen molar-refractivity contribution in [1.29, 1.82) is 0 Å². The van der Waals surface area contributed by atoms with Gasteiger partial charge in [0.25, 0.3) is 0 Å². The zero-order valence-corrected chi connectivity index (χ0v) is 14.9. The number of carbonyl (C=O) groups excluding carboxylic acids is 1. The van der Waals surface area contributed by atoms with Crippen molar-refractivity contribution in [3.8, 4) is 17.2 Å². The molecule has 0 spiro atoms. The summed E-state index contributed by atoms with van der Waals surface area (Å²) in [5.41, 5.74) is 2.26. The fraction of sp³-hybridized carbons (Fsp3) is 0.381. The second-order valence-electron chi connectivity index (χ2n) is 7.59. The van der Waals surface area contributed by atoms with Gasteiger partial charge in [0, 0.05) is 19.5 Å². The van der Waals surface area contributed by atoms with Crippen LogP contribution in [0.1, 0.15) is 30.9 Å². The van der Waals surface area contributed by atoms with E-state index in [0.717, 1.165) is 36.4 Å². The maximum Gasteiger partial charge on any atom is 0.231 e. The zero-order valence-electron chi connectivity index (χ0n) is 14.9. The average Bonchev–Trinajstić information content (AvgIpc) is 3.08. The van der Waals surface area contributed by atoms with E-state index in [9.17, 15) is 9.90 Å². The lowest BCUT2D eigenvalue weighted by Crippen LogP contribution is -2.45. The molecule has 0 aromatic heterocycles. The number of ether oxygens (including phenoxy) is 2. The molecule has 1 fully saturated rings. The van der Waals surface area contributed by atoms with Crippen LogP contribution in [-0.4, -0.2) is 29.3 Å². The summed E-state index contributed by atoms with van der Waals surface area (Å²) in [7, 11) is 0. The number of fused-ring (bicyclic) bond motifs is 1. The fourth-order valence-electron chi connectivity index (χ4n) is 3.85. The van der Waals surface area contributed by atoms with E-state index in [1.165, 1.54) is 5.56 Å².